The zero-order valence-electron chi connectivity index (χ0n) is 14.5. The van der Waals surface area contributed by atoms with Crippen molar-refractivity contribution in [1.82, 2.24) is 19.7 Å². The fraction of sp³-hybridized carbons (Fsp3) is 0.526. The Morgan fingerprint density at radius 1 is 1.28 bits per heavy atom. The van der Waals surface area contributed by atoms with E-state index in [1.54, 1.807) is 6.07 Å². The Morgan fingerprint density at radius 3 is 2.92 bits per heavy atom. The van der Waals surface area contributed by atoms with Crippen molar-refractivity contribution in [3.63, 3.8) is 0 Å². The lowest BCUT2D eigenvalue weighted by atomic mass is 10.1. The number of rotatable bonds is 4. The van der Waals surface area contributed by atoms with E-state index in [4.69, 9.17) is 0 Å². The van der Waals surface area contributed by atoms with Gasteiger partial charge in [-0.2, -0.15) is 0 Å². The molecular weight excluding hydrogens is 319 g/mol. The zero-order chi connectivity index (χ0) is 17.4. The Bertz CT molecular complexity index is 787. The lowest BCUT2D eigenvalue weighted by Gasteiger charge is -2.28. The van der Waals surface area contributed by atoms with Crippen LogP contribution in [0.3, 0.4) is 0 Å². The van der Waals surface area contributed by atoms with Crippen LogP contribution in [0.2, 0.25) is 0 Å². The minimum atomic E-state index is -0.292. The van der Waals surface area contributed by atoms with Gasteiger partial charge < -0.3 is 9.47 Å². The van der Waals surface area contributed by atoms with Crippen LogP contribution in [-0.4, -0.2) is 37.7 Å². The van der Waals surface area contributed by atoms with Crippen LogP contribution in [0.4, 0.5) is 4.39 Å². The minimum Gasteiger partial charge on any atom is -0.334 e. The molecule has 1 amide bonds. The Hall–Kier alpha value is -2.24. The molecule has 0 spiro atoms. The summed E-state index contributed by atoms with van der Waals surface area (Å²) >= 11 is 0. The molecule has 0 saturated carbocycles. The SMILES string of the molecule is CCCc1nnc2n1CC1CCC(C2)N1C(=O)Cc1cccc(F)c1. The van der Waals surface area contributed by atoms with Gasteiger partial charge in [0.15, 0.2) is 0 Å². The van der Waals surface area contributed by atoms with E-state index in [9.17, 15) is 9.18 Å². The molecule has 1 aromatic heterocycles. The summed E-state index contributed by atoms with van der Waals surface area (Å²) in [5, 5.41) is 8.71. The fourth-order valence-electron chi connectivity index (χ4n) is 4.23. The molecule has 3 heterocycles. The van der Waals surface area contributed by atoms with E-state index in [1.807, 2.05) is 11.0 Å². The lowest BCUT2D eigenvalue weighted by Crippen LogP contribution is -2.43. The number of fused-ring (bicyclic) bond motifs is 3. The van der Waals surface area contributed by atoms with Crippen molar-refractivity contribution in [3.8, 4) is 0 Å². The van der Waals surface area contributed by atoms with Gasteiger partial charge in [-0.25, -0.2) is 4.39 Å². The highest BCUT2D eigenvalue weighted by atomic mass is 19.1. The van der Waals surface area contributed by atoms with Crippen LogP contribution in [0.15, 0.2) is 24.3 Å². The van der Waals surface area contributed by atoms with Crippen LogP contribution in [0.5, 0.6) is 0 Å². The molecule has 1 fully saturated rings. The molecule has 1 saturated heterocycles. The number of aromatic nitrogens is 3. The fourth-order valence-corrected chi connectivity index (χ4v) is 4.23. The highest BCUT2D eigenvalue weighted by molar-refractivity contribution is 5.79. The number of hydrogen-bond donors (Lipinski definition) is 0. The highest BCUT2D eigenvalue weighted by Gasteiger charge is 2.40. The number of benzene rings is 1. The zero-order valence-corrected chi connectivity index (χ0v) is 14.5. The number of nitrogens with zero attached hydrogens (tertiary/aromatic N) is 4. The van der Waals surface area contributed by atoms with Crippen LogP contribution in [0.1, 0.15) is 43.4 Å². The molecule has 0 aliphatic carbocycles. The third kappa shape index (κ3) is 3.05. The summed E-state index contributed by atoms with van der Waals surface area (Å²) in [6, 6.07) is 6.71. The maximum atomic E-state index is 13.4. The molecule has 6 heteroatoms. The first kappa shape index (κ1) is 16.2. The molecule has 132 valence electrons. The predicted octanol–water partition coefficient (Wildman–Crippen LogP) is 2.53. The van der Waals surface area contributed by atoms with Crippen LogP contribution in [0.25, 0.3) is 0 Å². The van der Waals surface area contributed by atoms with Gasteiger partial charge >= 0.3 is 0 Å². The number of halogens is 1. The van der Waals surface area contributed by atoms with Gasteiger partial charge in [-0.15, -0.1) is 10.2 Å². The van der Waals surface area contributed by atoms with Crippen molar-refractivity contribution in [2.24, 2.45) is 0 Å². The van der Waals surface area contributed by atoms with E-state index in [-0.39, 0.29) is 30.2 Å². The lowest BCUT2D eigenvalue weighted by molar-refractivity contribution is -0.133. The quantitative estimate of drug-likeness (QED) is 0.858. The van der Waals surface area contributed by atoms with Crippen molar-refractivity contribution in [2.75, 3.05) is 0 Å². The molecule has 2 bridgehead atoms. The van der Waals surface area contributed by atoms with Crippen LogP contribution in [-0.2, 0) is 30.6 Å². The smallest absolute Gasteiger partial charge is 0.227 e. The van der Waals surface area contributed by atoms with E-state index in [1.165, 1.54) is 12.1 Å². The molecule has 25 heavy (non-hydrogen) atoms. The van der Waals surface area contributed by atoms with Crippen molar-refractivity contribution in [2.45, 2.75) is 64.1 Å². The second kappa shape index (κ2) is 6.58. The maximum absolute atomic E-state index is 13.4. The van der Waals surface area contributed by atoms with E-state index in [0.29, 0.717) is 0 Å². The van der Waals surface area contributed by atoms with Crippen molar-refractivity contribution in [1.29, 1.82) is 0 Å². The van der Waals surface area contributed by atoms with Gasteiger partial charge in [-0.05, 0) is 37.0 Å². The van der Waals surface area contributed by atoms with E-state index in [2.05, 4.69) is 21.7 Å². The standard InChI is InChI=1S/C19H23FN4O/c1-2-4-17-21-22-18-11-15-7-8-16(12-23(17)18)24(15)19(25)10-13-5-3-6-14(20)9-13/h3,5-6,9,15-16H,2,4,7-8,10-12H2,1H3. The number of hydrogen-bond acceptors (Lipinski definition) is 3. The summed E-state index contributed by atoms with van der Waals surface area (Å²) in [5.41, 5.74) is 0.736. The van der Waals surface area contributed by atoms with Gasteiger partial charge in [0.2, 0.25) is 5.91 Å². The number of amides is 1. The first-order valence-corrected chi connectivity index (χ1v) is 9.12. The van der Waals surface area contributed by atoms with E-state index in [0.717, 1.165) is 55.9 Å². The summed E-state index contributed by atoms with van der Waals surface area (Å²) in [4.78, 5) is 15.0. The van der Waals surface area contributed by atoms with Crippen LogP contribution in [0, 0.1) is 5.82 Å². The van der Waals surface area contributed by atoms with Crippen molar-refractivity contribution >= 4 is 5.91 Å². The van der Waals surface area contributed by atoms with E-state index >= 15 is 0 Å². The van der Waals surface area contributed by atoms with Gasteiger partial charge in [-0.1, -0.05) is 19.1 Å². The molecule has 5 nitrogen and oxygen atoms in total. The van der Waals surface area contributed by atoms with Gasteiger partial charge in [0.1, 0.15) is 17.5 Å². The topological polar surface area (TPSA) is 51.0 Å². The van der Waals surface area contributed by atoms with Crippen LogP contribution < -0.4 is 0 Å². The van der Waals surface area contributed by atoms with Crippen molar-refractivity contribution in [3.05, 3.63) is 47.3 Å². The van der Waals surface area contributed by atoms with Gasteiger partial charge in [0.25, 0.3) is 0 Å². The number of aryl methyl sites for hydroxylation is 1. The molecule has 4 rings (SSSR count). The third-order valence-corrected chi connectivity index (χ3v) is 5.34. The third-order valence-electron chi connectivity index (χ3n) is 5.34. The molecular formula is C19H23FN4O. The molecule has 2 aromatic rings. The van der Waals surface area contributed by atoms with Crippen molar-refractivity contribution < 1.29 is 9.18 Å². The Morgan fingerprint density at radius 2 is 2.12 bits per heavy atom. The van der Waals surface area contributed by atoms with E-state index < -0.39 is 0 Å². The molecule has 2 aliphatic rings. The van der Waals surface area contributed by atoms with Crippen LogP contribution >= 0.6 is 0 Å². The second-order valence-corrected chi connectivity index (χ2v) is 7.09. The number of carbonyl (C=O) groups excluding carboxylic acids is 1. The summed E-state index contributed by atoms with van der Waals surface area (Å²) < 4.78 is 15.6. The highest BCUT2D eigenvalue weighted by Crippen LogP contribution is 2.32. The molecule has 0 radical (unpaired) electrons. The molecule has 0 N–H and O–H groups in total. The van der Waals surface area contributed by atoms with Gasteiger partial charge in [0, 0.05) is 25.4 Å². The summed E-state index contributed by atoms with van der Waals surface area (Å²) in [7, 11) is 0. The summed E-state index contributed by atoms with van der Waals surface area (Å²) in [5.74, 6) is 1.83. The molecule has 2 atom stereocenters. The Balaban J connectivity index is 1.55. The largest absolute Gasteiger partial charge is 0.334 e. The summed E-state index contributed by atoms with van der Waals surface area (Å²) in [6.07, 6.45) is 5.00. The Labute approximate surface area is 146 Å². The molecule has 2 aliphatic heterocycles. The first-order chi connectivity index (χ1) is 12.2. The Kier molecular flexibility index (Phi) is 4.27. The van der Waals surface area contributed by atoms with Gasteiger partial charge in [0.05, 0.1) is 12.5 Å². The minimum absolute atomic E-state index is 0.0915. The average molecular weight is 342 g/mol. The normalized spacial score (nSPS) is 21.9. The predicted molar refractivity (Wildman–Crippen MR) is 91.5 cm³/mol. The molecule has 1 aromatic carbocycles. The summed E-state index contributed by atoms with van der Waals surface area (Å²) in [6.45, 7) is 2.92. The first-order valence-electron chi connectivity index (χ1n) is 9.12. The number of carbonyl (C=O) groups is 1. The maximum Gasteiger partial charge on any atom is 0.227 e. The second-order valence-electron chi connectivity index (χ2n) is 7.09. The average Bonchev–Trinajstić information content (AvgIpc) is 3.08. The van der Waals surface area contributed by atoms with Gasteiger partial charge in [-0.3, -0.25) is 4.79 Å². The monoisotopic (exact) mass is 342 g/mol. The molecule has 2 unspecified atom stereocenters.